The minimum Gasteiger partial charge on any atom is -0.504 e. The van der Waals surface area contributed by atoms with E-state index in [0.717, 1.165) is 15.6 Å². The van der Waals surface area contributed by atoms with E-state index in [9.17, 15) is 18.3 Å². The minimum absolute atomic E-state index is 0.0458. The van der Waals surface area contributed by atoms with Crippen LogP contribution >= 0.6 is 22.9 Å². The van der Waals surface area contributed by atoms with Crippen molar-refractivity contribution >= 4 is 50.3 Å². The predicted molar refractivity (Wildman–Crippen MR) is 86.7 cm³/mol. The number of aliphatic hydroxyl groups is 1. The Morgan fingerprint density at radius 2 is 2.22 bits per heavy atom. The van der Waals surface area contributed by atoms with Gasteiger partial charge in [-0.15, -0.1) is 11.3 Å². The van der Waals surface area contributed by atoms with Gasteiger partial charge in [0, 0.05) is 13.2 Å². The zero-order chi connectivity index (χ0) is 16.8. The van der Waals surface area contributed by atoms with Crippen LogP contribution in [0.3, 0.4) is 0 Å². The van der Waals surface area contributed by atoms with Gasteiger partial charge in [-0.05, 0) is 18.2 Å². The summed E-state index contributed by atoms with van der Waals surface area (Å²) in [5.74, 6) is -1.20. The van der Waals surface area contributed by atoms with Gasteiger partial charge in [-0.2, -0.15) is 0 Å². The molecule has 120 valence electrons. The highest BCUT2D eigenvalue weighted by molar-refractivity contribution is 7.89. The van der Waals surface area contributed by atoms with Crippen molar-refractivity contribution in [3.8, 4) is 0 Å². The number of carbonyl (C=O) groups is 1. The van der Waals surface area contributed by atoms with Crippen molar-refractivity contribution in [3.05, 3.63) is 45.5 Å². The van der Waals surface area contributed by atoms with E-state index >= 15 is 0 Å². The summed E-state index contributed by atoms with van der Waals surface area (Å²) >= 11 is 6.73. The molecule has 0 saturated carbocycles. The first-order valence-electron chi connectivity index (χ1n) is 6.25. The lowest BCUT2D eigenvalue weighted by Gasteiger charge is -2.26. The number of fused-ring (bicyclic) bond motifs is 1. The van der Waals surface area contributed by atoms with Gasteiger partial charge in [0.15, 0.2) is 11.5 Å². The summed E-state index contributed by atoms with van der Waals surface area (Å²) < 4.78 is 25.9. The molecule has 0 spiro atoms. The van der Waals surface area contributed by atoms with Crippen molar-refractivity contribution in [1.82, 2.24) is 9.29 Å². The molecule has 2 N–H and O–H groups in total. The van der Waals surface area contributed by atoms with Gasteiger partial charge in [0.1, 0.15) is 4.90 Å². The second-order valence-electron chi connectivity index (χ2n) is 4.61. The zero-order valence-corrected chi connectivity index (χ0v) is 14.0. The third-order valence-corrected chi connectivity index (χ3v) is 6.38. The summed E-state index contributed by atoms with van der Waals surface area (Å²) in [7, 11) is -2.76. The highest BCUT2D eigenvalue weighted by Crippen LogP contribution is 2.41. The Bertz CT molecular complexity index is 922. The molecular weight excluding hydrogens is 362 g/mol. The molecule has 2 aromatic rings. The standard InChI is InChI=1S/C13H10ClN3O4S2/c1-17-10(13(19)16-7-3-2-4-15-6-7)11(18)12-8(23(17,20)21)5-9(14)22-12/h2-6,18H,1H3,(H,16,19). The third kappa shape index (κ3) is 2.56. The lowest BCUT2D eigenvalue weighted by atomic mass is 10.2. The number of pyridine rings is 1. The number of nitrogens with one attached hydrogen (secondary N) is 1. The first-order valence-corrected chi connectivity index (χ1v) is 8.89. The van der Waals surface area contributed by atoms with E-state index < -0.39 is 21.7 Å². The van der Waals surface area contributed by atoms with Crippen LogP contribution in [0, 0.1) is 0 Å². The van der Waals surface area contributed by atoms with Crippen molar-refractivity contribution in [2.75, 3.05) is 12.4 Å². The molecule has 3 rings (SSSR count). The van der Waals surface area contributed by atoms with Crippen LogP contribution < -0.4 is 5.32 Å². The molecule has 3 heterocycles. The molecule has 1 aliphatic heterocycles. The fourth-order valence-corrected chi connectivity index (χ4v) is 5.05. The SMILES string of the molecule is CN1C(C(=O)Nc2cccnc2)=C(O)c2sc(Cl)cc2S1(=O)=O. The quantitative estimate of drug-likeness (QED) is 0.843. The van der Waals surface area contributed by atoms with Gasteiger partial charge < -0.3 is 10.4 Å². The molecule has 10 heteroatoms. The molecule has 23 heavy (non-hydrogen) atoms. The van der Waals surface area contributed by atoms with Crippen molar-refractivity contribution in [1.29, 1.82) is 0 Å². The highest BCUT2D eigenvalue weighted by atomic mass is 35.5. The van der Waals surface area contributed by atoms with E-state index in [4.69, 9.17) is 11.6 Å². The molecule has 0 aliphatic carbocycles. The van der Waals surface area contributed by atoms with Crippen molar-refractivity contribution in [3.63, 3.8) is 0 Å². The first kappa shape index (κ1) is 15.8. The molecular formula is C13H10ClN3O4S2. The van der Waals surface area contributed by atoms with Crippen LogP contribution in [-0.4, -0.2) is 35.8 Å². The number of halogens is 1. The lowest BCUT2D eigenvalue weighted by Crippen LogP contribution is -2.36. The molecule has 0 bridgehead atoms. The topological polar surface area (TPSA) is 99.6 Å². The summed E-state index contributed by atoms with van der Waals surface area (Å²) in [5.41, 5.74) is -0.00141. The van der Waals surface area contributed by atoms with Crippen LogP contribution in [0.5, 0.6) is 0 Å². The molecule has 0 unspecified atom stereocenters. The van der Waals surface area contributed by atoms with Crippen LogP contribution in [0.15, 0.2) is 41.2 Å². The predicted octanol–water partition coefficient (Wildman–Crippen LogP) is 2.30. The normalized spacial score (nSPS) is 16.2. The average Bonchev–Trinajstić information content (AvgIpc) is 2.90. The molecule has 1 aliphatic rings. The number of likely N-dealkylation sites (N-methyl/N-ethyl adjacent to an activating group) is 1. The fourth-order valence-electron chi connectivity index (χ4n) is 2.10. The van der Waals surface area contributed by atoms with Crippen LogP contribution in [0.1, 0.15) is 4.88 Å². The summed E-state index contributed by atoms with van der Waals surface area (Å²) in [6.45, 7) is 0. The van der Waals surface area contributed by atoms with Crippen LogP contribution in [0.4, 0.5) is 5.69 Å². The number of hydrogen-bond acceptors (Lipinski definition) is 6. The van der Waals surface area contributed by atoms with Crippen molar-refractivity contribution in [2.45, 2.75) is 4.90 Å². The van der Waals surface area contributed by atoms with E-state index in [2.05, 4.69) is 10.3 Å². The monoisotopic (exact) mass is 371 g/mol. The van der Waals surface area contributed by atoms with Gasteiger partial charge in [-0.3, -0.25) is 14.1 Å². The third-order valence-electron chi connectivity index (χ3n) is 3.20. The van der Waals surface area contributed by atoms with Gasteiger partial charge in [-0.25, -0.2) is 8.42 Å². The molecule has 7 nitrogen and oxygen atoms in total. The summed E-state index contributed by atoms with van der Waals surface area (Å²) in [6, 6.07) is 4.45. The summed E-state index contributed by atoms with van der Waals surface area (Å²) in [4.78, 5) is 16.2. The van der Waals surface area contributed by atoms with Crippen LogP contribution in [-0.2, 0) is 14.8 Å². The van der Waals surface area contributed by atoms with Crippen molar-refractivity contribution in [2.24, 2.45) is 0 Å². The molecule has 0 atom stereocenters. The Kier molecular flexibility index (Phi) is 3.78. The number of aliphatic hydroxyl groups excluding tert-OH is 1. The maximum Gasteiger partial charge on any atom is 0.276 e. The Hall–Kier alpha value is -2.10. The van der Waals surface area contributed by atoms with Gasteiger partial charge in [0.2, 0.25) is 0 Å². The van der Waals surface area contributed by atoms with E-state index in [-0.39, 0.29) is 19.8 Å². The second kappa shape index (κ2) is 5.52. The van der Waals surface area contributed by atoms with E-state index in [0.29, 0.717) is 5.69 Å². The van der Waals surface area contributed by atoms with Crippen LogP contribution in [0.25, 0.3) is 5.76 Å². The number of nitrogens with zero attached hydrogens (tertiary/aromatic N) is 2. The Morgan fingerprint density at radius 3 is 2.87 bits per heavy atom. The van der Waals surface area contributed by atoms with Gasteiger partial charge in [-0.1, -0.05) is 11.6 Å². The maximum atomic E-state index is 12.5. The zero-order valence-electron chi connectivity index (χ0n) is 11.6. The molecule has 0 aromatic carbocycles. The van der Waals surface area contributed by atoms with E-state index in [1.54, 1.807) is 12.1 Å². The molecule has 2 aromatic heterocycles. The van der Waals surface area contributed by atoms with E-state index in [1.807, 2.05) is 0 Å². The number of amides is 1. The van der Waals surface area contributed by atoms with Crippen molar-refractivity contribution < 1.29 is 18.3 Å². The molecule has 0 fully saturated rings. The molecule has 1 amide bonds. The number of aromatic nitrogens is 1. The lowest BCUT2D eigenvalue weighted by molar-refractivity contribution is -0.113. The molecule has 0 radical (unpaired) electrons. The number of sulfonamides is 1. The minimum atomic E-state index is -3.95. The number of carbonyl (C=O) groups excluding carboxylic acids is 1. The summed E-state index contributed by atoms with van der Waals surface area (Å²) in [6.07, 6.45) is 2.93. The smallest absolute Gasteiger partial charge is 0.276 e. The van der Waals surface area contributed by atoms with E-state index in [1.165, 1.54) is 25.5 Å². The summed E-state index contributed by atoms with van der Waals surface area (Å²) in [5, 5.41) is 12.8. The largest absolute Gasteiger partial charge is 0.504 e. The van der Waals surface area contributed by atoms with Gasteiger partial charge in [0.05, 0.1) is 21.1 Å². The Morgan fingerprint density at radius 1 is 1.48 bits per heavy atom. The average molecular weight is 372 g/mol. The highest BCUT2D eigenvalue weighted by Gasteiger charge is 2.39. The first-order chi connectivity index (χ1) is 10.8. The Balaban J connectivity index is 2.09. The van der Waals surface area contributed by atoms with Gasteiger partial charge >= 0.3 is 0 Å². The number of hydrogen-bond donors (Lipinski definition) is 2. The molecule has 0 saturated heterocycles. The van der Waals surface area contributed by atoms with Crippen LogP contribution in [0.2, 0.25) is 4.34 Å². The number of rotatable bonds is 2. The Labute approximate surface area is 140 Å². The number of anilines is 1. The fraction of sp³-hybridized carbons (Fsp3) is 0.0769. The number of thiophene rings is 1. The van der Waals surface area contributed by atoms with Gasteiger partial charge in [0.25, 0.3) is 15.9 Å². The second-order valence-corrected chi connectivity index (χ2v) is 8.23. The maximum absolute atomic E-state index is 12.5.